The first-order valence-electron chi connectivity index (χ1n) is 8.98. The number of aryl methyl sites for hydroxylation is 2. The Morgan fingerprint density at radius 2 is 2.23 bits per heavy atom. The highest BCUT2D eigenvalue weighted by Gasteiger charge is 2.29. The molecular formula is C20H21FN2O3. The van der Waals surface area contributed by atoms with Crippen molar-refractivity contribution in [1.29, 1.82) is 0 Å². The van der Waals surface area contributed by atoms with E-state index in [4.69, 9.17) is 9.47 Å². The molecule has 2 heterocycles. The molecule has 5 nitrogen and oxygen atoms in total. The van der Waals surface area contributed by atoms with E-state index in [1.165, 1.54) is 12.1 Å². The van der Waals surface area contributed by atoms with Gasteiger partial charge < -0.3 is 14.8 Å². The first-order valence-corrected chi connectivity index (χ1v) is 8.98. The number of rotatable bonds is 4. The van der Waals surface area contributed by atoms with Crippen molar-refractivity contribution in [3.05, 3.63) is 59.2 Å². The molecule has 1 saturated heterocycles. The summed E-state index contributed by atoms with van der Waals surface area (Å²) in [4.78, 5) is 17.1. The fourth-order valence-corrected chi connectivity index (χ4v) is 3.51. The second-order valence-corrected chi connectivity index (χ2v) is 6.74. The number of hydrogen-bond acceptors (Lipinski definition) is 4. The van der Waals surface area contributed by atoms with Gasteiger partial charge in [0.25, 0.3) is 5.91 Å². The Hall–Kier alpha value is -2.47. The smallest absolute Gasteiger partial charge is 0.253 e. The van der Waals surface area contributed by atoms with Gasteiger partial charge in [0.15, 0.2) is 0 Å². The van der Waals surface area contributed by atoms with Gasteiger partial charge in [-0.1, -0.05) is 6.07 Å². The fourth-order valence-electron chi connectivity index (χ4n) is 3.51. The average molecular weight is 356 g/mol. The van der Waals surface area contributed by atoms with Crippen molar-refractivity contribution in [3.8, 4) is 5.75 Å². The molecule has 0 bridgehead atoms. The molecule has 0 spiro atoms. The molecule has 1 aromatic carbocycles. The third-order valence-corrected chi connectivity index (χ3v) is 4.89. The Bertz CT molecular complexity index is 811. The van der Waals surface area contributed by atoms with E-state index < -0.39 is 0 Å². The molecule has 0 unspecified atom stereocenters. The number of ether oxygens (including phenoxy) is 2. The van der Waals surface area contributed by atoms with E-state index in [1.54, 1.807) is 18.3 Å². The predicted molar refractivity (Wildman–Crippen MR) is 93.8 cm³/mol. The lowest BCUT2D eigenvalue weighted by molar-refractivity contribution is -0.0136. The molecule has 2 atom stereocenters. The summed E-state index contributed by atoms with van der Waals surface area (Å²) in [5.41, 5.74) is 2.83. The minimum Gasteiger partial charge on any atom is -0.486 e. The summed E-state index contributed by atoms with van der Waals surface area (Å²) in [5.74, 6) is -0.0880. The van der Waals surface area contributed by atoms with Gasteiger partial charge in [-0.05, 0) is 49.4 Å². The minimum absolute atomic E-state index is 0.160. The van der Waals surface area contributed by atoms with E-state index in [0.29, 0.717) is 30.9 Å². The van der Waals surface area contributed by atoms with Crippen LogP contribution in [0, 0.1) is 5.82 Å². The molecule has 1 N–H and O–H groups in total. The Balaban J connectivity index is 1.45. The van der Waals surface area contributed by atoms with Crippen molar-refractivity contribution in [2.24, 2.45) is 0 Å². The lowest BCUT2D eigenvalue weighted by Crippen LogP contribution is -2.51. The molecule has 2 aromatic rings. The third-order valence-electron chi connectivity index (χ3n) is 4.89. The molecule has 136 valence electrons. The largest absolute Gasteiger partial charge is 0.486 e. The highest BCUT2D eigenvalue weighted by Crippen LogP contribution is 2.22. The van der Waals surface area contributed by atoms with Crippen molar-refractivity contribution in [1.82, 2.24) is 10.3 Å². The van der Waals surface area contributed by atoms with E-state index >= 15 is 0 Å². The summed E-state index contributed by atoms with van der Waals surface area (Å²) in [6.45, 7) is 0.903. The molecule has 1 amide bonds. The van der Waals surface area contributed by atoms with Crippen LogP contribution in [0.1, 0.15) is 34.5 Å². The zero-order valence-electron chi connectivity index (χ0n) is 14.4. The van der Waals surface area contributed by atoms with Crippen LogP contribution >= 0.6 is 0 Å². The van der Waals surface area contributed by atoms with Gasteiger partial charge in [-0.15, -0.1) is 0 Å². The molecule has 1 aliphatic carbocycles. The van der Waals surface area contributed by atoms with Crippen molar-refractivity contribution < 1.29 is 18.7 Å². The van der Waals surface area contributed by atoms with Crippen LogP contribution < -0.4 is 10.1 Å². The molecule has 4 rings (SSSR count). The molecule has 1 aromatic heterocycles. The van der Waals surface area contributed by atoms with Gasteiger partial charge in [0.1, 0.15) is 17.7 Å². The van der Waals surface area contributed by atoms with E-state index in [2.05, 4.69) is 10.3 Å². The summed E-state index contributed by atoms with van der Waals surface area (Å²) in [5, 5.41) is 3.03. The third kappa shape index (κ3) is 3.70. The monoisotopic (exact) mass is 356 g/mol. The summed E-state index contributed by atoms with van der Waals surface area (Å²) in [7, 11) is 0. The van der Waals surface area contributed by atoms with Crippen LogP contribution in [0.25, 0.3) is 0 Å². The topological polar surface area (TPSA) is 60.5 Å². The van der Waals surface area contributed by atoms with Gasteiger partial charge in [0.2, 0.25) is 0 Å². The molecule has 0 radical (unpaired) electrons. The zero-order chi connectivity index (χ0) is 17.9. The Labute approximate surface area is 151 Å². The Kier molecular flexibility index (Phi) is 4.84. The van der Waals surface area contributed by atoms with E-state index in [1.807, 2.05) is 6.07 Å². The van der Waals surface area contributed by atoms with Crippen molar-refractivity contribution >= 4 is 5.91 Å². The van der Waals surface area contributed by atoms with Crippen molar-refractivity contribution in [2.45, 2.75) is 37.8 Å². The van der Waals surface area contributed by atoms with Crippen LogP contribution in [-0.2, 0) is 17.6 Å². The van der Waals surface area contributed by atoms with E-state index in [9.17, 15) is 9.18 Å². The van der Waals surface area contributed by atoms with Gasteiger partial charge in [-0.25, -0.2) is 4.39 Å². The molecule has 1 fully saturated rings. The van der Waals surface area contributed by atoms with Crippen molar-refractivity contribution in [2.75, 3.05) is 13.2 Å². The first kappa shape index (κ1) is 17.0. The van der Waals surface area contributed by atoms with E-state index in [-0.39, 0.29) is 23.9 Å². The predicted octanol–water partition coefficient (Wildman–Crippen LogP) is 2.68. The molecular weight excluding hydrogens is 335 g/mol. The van der Waals surface area contributed by atoms with Crippen molar-refractivity contribution in [3.63, 3.8) is 0 Å². The van der Waals surface area contributed by atoms with Crippen LogP contribution in [0.5, 0.6) is 5.75 Å². The van der Waals surface area contributed by atoms with Crippen LogP contribution in [0.15, 0.2) is 36.5 Å². The minimum atomic E-state index is -0.364. The van der Waals surface area contributed by atoms with Crippen LogP contribution in [0.4, 0.5) is 4.39 Å². The molecule has 26 heavy (non-hydrogen) atoms. The highest BCUT2D eigenvalue weighted by molar-refractivity contribution is 5.94. The summed E-state index contributed by atoms with van der Waals surface area (Å²) in [6, 6.07) is 7.72. The lowest BCUT2D eigenvalue weighted by Gasteiger charge is -2.32. The maximum Gasteiger partial charge on any atom is 0.253 e. The number of carbonyl (C=O) groups is 1. The fraction of sp³-hybridized carbons (Fsp3) is 0.400. The maximum atomic E-state index is 13.4. The molecule has 2 aliphatic rings. The second kappa shape index (κ2) is 7.41. The summed E-state index contributed by atoms with van der Waals surface area (Å²) in [6.07, 6.45) is 4.98. The number of aromatic nitrogens is 1. The standard InChI is InChI=1S/C20H21FN2O3/c21-15-4-2-5-16(10-15)26-19-12-25-8-7-18(19)23-20(24)14-9-13-3-1-6-17(13)22-11-14/h2,4-5,9-11,18-19H,1,3,6-8,12H2,(H,23,24)/t18-,19-/m1/s1. The zero-order valence-corrected chi connectivity index (χ0v) is 14.4. The first-order chi connectivity index (χ1) is 12.7. The number of amides is 1. The number of halogens is 1. The molecule has 6 heteroatoms. The van der Waals surface area contributed by atoms with Gasteiger partial charge in [-0.3, -0.25) is 9.78 Å². The lowest BCUT2D eigenvalue weighted by atomic mass is 10.0. The SMILES string of the molecule is O=C(N[C@@H]1CCOC[C@H]1Oc1cccc(F)c1)c1cnc2c(c1)CCC2. The average Bonchev–Trinajstić information content (AvgIpc) is 3.11. The van der Waals surface area contributed by atoms with E-state index in [0.717, 1.165) is 30.5 Å². The van der Waals surface area contributed by atoms with Crippen LogP contribution in [0.2, 0.25) is 0 Å². The number of nitrogens with one attached hydrogen (secondary N) is 1. The number of fused-ring (bicyclic) bond motifs is 1. The molecule has 1 aliphatic heterocycles. The van der Waals surface area contributed by atoms with Gasteiger partial charge in [-0.2, -0.15) is 0 Å². The van der Waals surface area contributed by atoms with Gasteiger partial charge >= 0.3 is 0 Å². The Morgan fingerprint density at radius 3 is 3.12 bits per heavy atom. The summed E-state index contributed by atoms with van der Waals surface area (Å²) < 4.78 is 24.7. The number of pyridine rings is 1. The van der Waals surface area contributed by atoms with Crippen LogP contribution in [-0.4, -0.2) is 36.3 Å². The van der Waals surface area contributed by atoms with Gasteiger partial charge in [0.05, 0.1) is 18.2 Å². The summed E-state index contributed by atoms with van der Waals surface area (Å²) >= 11 is 0. The van der Waals surface area contributed by atoms with Crippen LogP contribution in [0.3, 0.4) is 0 Å². The van der Waals surface area contributed by atoms with Gasteiger partial charge in [0, 0.05) is 24.6 Å². The number of carbonyl (C=O) groups excluding carboxylic acids is 1. The number of nitrogens with zero attached hydrogens (tertiary/aromatic N) is 1. The Morgan fingerprint density at radius 1 is 1.31 bits per heavy atom. The number of benzene rings is 1. The highest BCUT2D eigenvalue weighted by atomic mass is 19.1. The quantitative estimate of drug-likeness (QED) is 0.915. The second-order valence-electron chi connectivity index (χ2n) is 6.74. The number of hydrogen-bond donors (Lipinski definition) is 1. The normalized spacial score (nSPS) is 21.9. The molecule has 0 saturated carbocycles. The maximum absolute atomic E-state index is 13.4.